The quantitative estimate of drug-likeness (QED) is 0.814. The van der Waals surface area contributed by atoms with Crippen LogP contribution in [0.4, 0.5) is 13.2 Å². The van der Waals surface area contributed by atoms with Gasteiger partial charge in [0.2, 0.25) is 0 Å². The molecule has 2 aromatic rings. The fourth-order valence-corrected chi connectivity index (χ4v) is 3.36. The molecule has 1 aliphatic heterocycles. The van der Waals surface area contributed by atoms with Crippen LogP contribution in [0.5, 0.6) is 0 Å². The summed E-state index contributed by atoms with van der Waals surface area (Å²) in [5.41, 5.74) is -0.278. The lowest BCUT2D eigenvalue weighted by molar-refractivity contribution is -0.141. The van der Waals surface area contributed by atoms with Crippen LogP contribution in [0.15, 0.2) is 30.3 Å². The maximum absolute atomic E-state index is 12.9. The van der Waals surface area contributed by atoms with Gasteiger partial charge in [0.05, 0.1) is 0 Å². The van der Waals surface area contributed by atoms with Crippen LogP contribution in [0.3, 0.4) is 0 Å². The van der Waals surface area contributed by atoms with Gasteiger partial charge >= 0.3 is 6.18 Å². The Bertz CT molecular complexity index is 783. The van der Waals surface area contributed by atoms with E-state index in [4.69, 9.17) is 11.6 Å². The minimum Gasteiger partial charge on any atom is -0.335 e. The predicted molar refractivity (Wildman–Crippen MR) is 90.8 cm³/mol. The summed E-state index contributed by atoms with van der Waals surface area (Å²) in [6, 6.07) is 9.96. The molecule has 5 nitrogen and oxygen atoms in total. The van der Waals surface area contributed by atoms with Crippen LogP contribution in [0, 0.1) is 0 Å². The van der Waals surface area contributed by atoms with Gasteiger partial charge in [-0.2, -0.15) is 18.3 Å². The number of aryl methyl sites for hydroxylation is 1. The zero-order valence-corrected chi connectivity index (χ0v) is 14.9. The van der Waals surface area contributed by atoms with Crippen molar-refractivity contribution in [1.29, 1.82) is 0 Å². The molecule has 3 rings (SSSR count). The average Bonchev–Trinajstić information content (AvgIpc) is 2.91. The third-order valence-electron chi connectivity index (χ3n) is 4.37. The van der Waals surface area contributed by atoms with Crippen LogP contribution >= 0.6 is 11.6 Å². The highest BCUT2D eigenvalue weighted by molar-refractivity contribution is 6.34. The fourth-order valence-electron chi connectivity index (χ4n) is 3.01. The van der Waals surface area contributed by atoms with E-state index < -0.39 is 22.8 Å². The van der Waals surface area contributed by atoms with E-state index in [2.05, 4.69) is 10.00 Å². The topological polar surface area (TPSA) is 41.4 Å². The first-order valence-corrected chi connectivity index (χ1v) is 8.50. The lowest BCUT2D eigenvalue weighted by atomic mass is 10.2. The van der Waals surface area contributed by atoms with Crippen LogP contribution in [-0.4, -0.2) is 51.7 Å². The molecule has 1 aromatic heterocycles. The number of benzene rings is 1. The smallest absolute Gasteiger partial charge is 0.335 e. The van der Waals surface area contributed by atoms with Crippen LogP contribution in [0.1, 0.15) is 21.7 Å². The summed E-state index contributed by atoms with van der Waals surface area (Å²) in [6.07, 6.45) is -4.69. The highest BCUT2D eigenvalue weighted by atomic mass is 35.5. The number of halogens is 4. The van der Waals surface area contributed by atoms with Crippen LogP contribution in [-0.2, 0) is 19.8 Å². The highest BCUT2D eigenvalue weighted by Crippen LogP contribution is 2.35. The van der Waals surface area contributed by atoms with Gasteiger partial charge in [0.15, 0.2) is 5.69 Å². The van der Waals surface area contributed by atoms with E-state index >= 15 is 0 Å². The van der Waals surface area contributed by atoms with E-state index in [-0.39, 0.29) is 5.69 Å². The molecule has 0 aliphatic carbocycles. The summed E-state index contributed by atoms with van der Waals surface area (Å²) in [7, 11) is 1.29. The number of nitrogens with zero attached hydrogens (tertiary/aromatic N) is 4. The van der Waals surface area contributed by atoms with Crippen molar-refractivity contribution in [2.75, 3.05) is 26.2 Å². The average molecular weight is 387 g/mol. The summed E-state index contributed by atoms with van der Waals surface area (Å²) in [6.45, 7) is 2.90. The molecule has 0 N–H and O–H groups in total. The molecule has 0 saturated carbocycles. The lowest BCUT2D eigenvalue weighted by Crippen LogP contribution is -2.48. The Morgan fingerprint density at radius 2 is 1.77 bits per heavy atom. The number of hydrogen-bond donors (Lipinski definition) is 0. The number of alkyl halides is 3. The van der Waals surface area contributed by atoms with Crippen molar-refractivity contribution in [3.63, 3.8) is 0 Å². The van der Waals surface area contributed by atoms with Gasteiger partial charge in [-0.1, -0.05) is 41.9 Å². The van der Waals surface area contributed by atoms with Gasteiger partial charge in [-0.3, -0.25) is 14.4 Å². The maximum atomic E-state index is 12.9. The molecule has 0 bridgehead atoms. The van der Waals surface area contributed by atoms with Crippen molar-refractivity contribution in [3.8, 4) is 0 Å². The summed E-state index contributed by atoms with van der Waals surface area (Å²) in [4.78, 5) is 16.4. The molecular formula is C17H18ClF3N4O. The summed E-state index contributed by atoms with van der Waals surface area (Å²) in [5, 5.41) is 2.73. The van der Waals surface area contributed by atoms with Gasteiger partial charge < -0.3 is 4.90 Å². The van der Waals surface area contributed by atoms with Crippen molar-refractivity contribution in [2.24, 2.45) is 7.05 Å². The third-order valence-corrected chi connectivity index (χ3v) is 4.73. The van der Waals surface area contributed by atoms with Gasteiger partial charge in [-0.15, -0.1) is 0 Å². The summed E-state index contributed by atoms with van der Waals surface area (Å²) >= 11 is 5.80. The molecule has 140 valence electrons. The number of hydrogen-bond acceptors (Lipinski definition) is 3. The first-order chi connectivity index (χ1) is 12.3. The second kappa shape index (κ2) is 7.28. The van der Waals surface area contributed by atoms with Gasteiger partial charge in [0, 0.05) is 39.8 Å². The molecule has 9 heteroatoms. The standard InChI is InChI=1S/C17H18ClF3N4O/c1-23-14(13(18)15(22-23)17(19,20)21)16(26)25-9-7-24(8-10-25)11-12-5-3-2-4-6-12/h2-6H,7-11H2,1H3. The minimum absolute atomic E-state index is 0.226. The number of piperazine rings is 1. The first kappa shape index (κ1) is 18.7. The fraction of sp³-hybridized carbons (Fsp3) is 0.412. The predicted octanol–water partition coefficient (Wildman–Crippen LogP) is 3.05. The Balaban J connectivity index is 1.67. The van der Waals surface area contributed by atoms with E-state index in [0.717, 1.165) is 11.2 Å². The van der Waals surface area contributed by atoms with Crippen molar-refractivity contribution in [1.82, 2.24) is 19.6 Å². The Morgan fingerprint density at radius 3 is 2.31 bits per heavy atom. The molecule has 1 saturated heterocycles. The van der Waals surface area contributed by atoms with Crippen LogP contribution < -0.4 is 0 Å². The Hall–Kier alpha value is -2.06. The zero-order valence-electron chi connectivity index (χ0n) is 14.1. The summed E-state index contributed by atoms with van der Waals surface area (Å²) in [5.74, 6) is -0.528. The van der Waals surface area contributed by atoms with E-state index in [1.54, 1.807) is 0 Å². The van der Waals surface area contributed by atoms with Gasteiger partial charge in [0.1, 0.15) is 10.7 Å². The summed E-state index contributed by atoms with van der Waals surface area (Å²) < 4.78 is 39.6. The molecule has 1 amide bonds. The van der Waals surface area contributed by atoms with Crippen molar-refractivity contribution in [3.05, 3.63) is 52.3 Å². The molecule has 1 aromatic carbocycles. The second-order valence-electron chi connectivity index (χ2n) is 6.19. The molecule has 26 heavy (non-hydrogen) atoms. The molecule has 0 radical (unpaired) electrons. The largest absolute Gasteiger partial charge is 0.436 e. The number of amides is 1. The van der Waals surface area contributed by atoms with E-state index in [1.165, 1.54) is 17.5 Å². The van der Waals surface area contributed by atoms with Gasteiger partial charge in [-0.25, -0.2) is 0 Å². The van der Waals surface area contributed by atoms with Crippen molar-refractivity contribution >= 4 is 17.5 Å². The molecule has 0 atom stereocenters. The molecule has 1 aliphatic rings. The Morgan fingerprint density at radius 1 is 1.15 bits per heavy atom. The van der Waals surface area contributed by atoms with E-state index in [9.17, 15) is 18.0 Å². The van der Waals surface area contributed by atoms with Crippen molar-refractivity contribution in [2.45, 2.75) is 12.7 Å². The van der Waals surface area contributed by atoms with Crippen molar-refractivity contribution < 1.29 is 18.0 Å². The van der Waals surface area contributed by atoms with Gasteiger partial charge in [-0.05, 0) is 5.56 Å². The number of aromatic nitrogens is 2. The van der Waals surface area contributed by atoms with E-state index in [0.29, 0.717) is 26.2 Å². The first-order valence-electron chi connectivity index (χ1n) is 8.12. The number of carbonyl (C=O) groups excluding carboxylic acids is 1. The second-order valence-corrected chi connectivity index (χ2v) is 6.56. The zero-order chi connectivity index (χ0) is 18.9. The molecular weight excluding hydrogens is 369 g/mol. The number of rotatable bonds is 3. The highest BCUT2D eigenvalue weighted by Gasteiger charge is 2.40. The third kappa shape index (κ3) is 3.86. The Labute approximate surface area is 153 Å². The van der Waals surface area contributed by atoms with Crippen LogP contribution in [0.2, 0.25) is 5.02 Å². The SMILES string of the molecule is Cn1nc(C(F)(F)F)c(Cl)c1C(=O)N1CCN(Cc2ccccc2)CC1. The minimum atomic E-state index is -4.69. The Kier molecular flexibility index (Phi) is 5.24. The van der Waals surface area contributed by atoms with Crippen LogP contribution in [0.25, 0.3) is 0 Å². The van der Waals surface area contributed by atoms with Gasteiger partial charge in [0.25, 0.3) is 5.91 Å². The monoisotopic (exact) mass is 386 g/mol. The normalized spacial score (nSPS) is 16.1. The maximum Gasteiger partial charge on any atom is 0.436 e. The molecule has 0 unspecified atom stereocenters. The molecule has 2 heterocycles. The lowest BCUT2D eigenvalue weighted by Gasteiger charge is -2.34. The van der Waals surface area contributed by atoms with E-state index in [1.807, 2.05) is 30.3 Å². The molecule has 0 spiro atoms. The molecule has 1 fully saturated rings. The number of carbonyl (C=O) groups is 1.